The van der Waals surface area contributed by atoms with Crippen molar-refractivity contribution in [1.29, 1.82) is 0 Å². The van der Waals surface area contributed by atoms with Crippen LogP contribution in [-0.2, 0) is 0 Å². The lowest BCUT2D eigenvalue weighted by atomic mass is 9.97. The van der Waals surface area contributed by atoms with Gasteiger partial charge in [-0.15, -0.1) is 8.78 Å². The van der Waals surface area contributed by atoms with Crippen LogP contribution in [0.1, 0.15) is 44.2 Å². The first kappa shape index (κ1) is 16.5. The number of halogens is 2. The van der Waals surface area contributed by atoms with Crippen molar-refractivity contribution in [3.05, 3.63) is 23.8 Å². The highest BCUT2D eigenvalue weighted by Gasteiger charge is 2.43. The number of piperazine rings is 1. The Hall–Kier alpha value is -1.40. The maximum absolute atomic E-state index is 13.2. The van der Waals surface area contributed by atoms with Gasteiger partial charge in [0.05, 0.1) is 0 Å². The van der Waals surface area contributed by atoms with Crippen LogP contribution in [0.25, 0.3) is 0 Å². The van der Waals surface area contributed by atoms with Crippen LogP contribution in [0, 0.1) is 0 Å². The molecule has 1 N–H and O–H groups in total. The molecular weight excluding hydrogens is 302 g/mol. The summed E-state index contributed by atoms with van der Waals surface area (Å²) in [5, 5.41) is 3.36. The number of unbranched alkanes of at least 4 members (excludes halogenated alkanes) is 2. The molecule has 0 spiro atoms. The summed E-state index contributed by atoms with van der Waals surface area (Å²) in [4.78, 5) is 2.43. The van der Waals surface area contributed by atoms with Gasteiger partial charge in [0.25, 0.3) is 0 Å². The molecular formula is C17H24F2N2O2. The Morgan fingerprint density at radius 1 is 1.17 bits per heavy atom. The van der Waals surface area contributed by atoms with Crippen molar-refractivity contribution >= 4 is 0 Å². The lowest BCUT2D eigenvalue weighted by Gasteiger charge is -2.35. The number of rotatable bonds is 6. The summed E-state index contributed by atoms with van der Waals surface area (Å²) < 4.78 is 35.5. The molecule has 0 aromatic heterocycles. The third kappa shape index (κ3) is 3.93. The molecule has 2 heterocycles. The van der Waals surface area contributed by atoms with Crippen LogP contribution < -0.4 is 14.8 Å². The van der Waals surface area contributed by atoms with E-state index in [9.17, 15) is 8.78 Å². The maximum atomic E-state index is 13.2. The van der Waals surface area contributed by atoms with E-state index in [0.717, 1.165) is 44.6 Å². The van der Waals surface area contributed by atoms with Gasteiger partial charge in [-0.1, -0.05) is 32.3 Å². The van der Waals surface area contributed by atoms with E-state index in [1.165, 1.54) is 12.8 Å². The lowest BCUT2D eigenvalue weighted by Crippen LogP contribution is -2.45. The van der Waals surface area contributed by atoms with Gasteiger partial charge in [-0.3, -0.25) is 4.90 Å². The highest BCUT2D eigenvalue weighted by atomic mass is 19.3. The van der Waals surface area contributed by atoms with Gasteiger partial charge < -0.3 is 14.8 Å². The monoisotopic (exact) mass is 326 g/mol. The van der Waals surface area contributed by atoms with E-state index in [1.54, 1.807) is 12.1 Å². The molecule has 23 heavy (non-hydrogen) atoms. The van der Waals surface area contributed by atoms with Crippen LogP contribution >= 0.6 is 0 Å². The Balaban J connectivity index is 1.79. The third-order valence-corrected chi connectivity index (χ3v) is 4.48. The Morgan fingerprint density at radius 3 is 2.65 bits per heavy atom. The number of nitrogens with zero attached hydrogens (tertiary/aromatic N) is 1. The largest absolute Gasteiger partial charge is 0.586 e. The van der Waals surface area contributed by atoms with E-state index in [-0.39, 0.29) is 17.5 Å². The predicted octanol–water partition coefficient (Wildman–Crippen LogP) is 3.53. The Labute approximate surface area is 135 Å². The summed E-state index contributed by atoms with van der Waals surface area (Å²) in [5.74, 6) is 0.259. The molecule has 1 atom stereocenters. The molecule has 1 aromatic rings. The number of nitrogens with one attached hydrogen (secondary N) is 1. The molecule has 1 aromatic carbocycles. The zero-order valence-corrected chi connectivity index (χ0v) is 13.5. The minimum Gasteiger partial charge on any atom is -0.395 e. The molecule has 4 nitrogen and oxygen atoms in total. The van der Waals surface area contributed by atoms with Crippen LogP contribution in [0.2, 0.25) is 0 Å². The SMILES string of the molecule is CCCCC[C@H](c1ccc2c(c1)OC(F)(F)O2)N1CCNCC1. The highest BCUT2D eigenvalue weighted by molar-refractivity contribution is 5.46. The van der Waals surface area contributed by atoms with Gasteiger partial charge >= 0.3 is 6.29 Å². The number of fused-ring (bicyclic) bond motifs is 1. The zero-order chi connectivity index (χ0) is 16.3. The number of benzene rings is 1. The Bertz CT molecular complexity index is 533. The van der Waals surface area contributed by atoms with Gasteiger partial charge in [0.15, 0.2) is 11.5 Å². The standard InChI is InChI=1S/C17H24F2N2O2/c1-2-3-4-5-14(21-10-8-20-9-11-21)13-6-7-15-16(12-13)23-17(18,19)22-15/h6-7,12,14,20H,2-5,8-11H2,1H3/t14-/m1/s1. The van der Waals surface area contributed by atoms with E-state index in [2.05, 4.69) is 26.6 Å². The number of ether oxygens (including phenoxy) is 2. The van der Waals surface area contributed by atoms with Gasteiger partial charge in [-0.05, 0) is 24.1 Å². The second kappa shape index (κ2) is 7.01. The first-order valence-corrected chi connectivity index (χ1v) is 8.43. The molecule has 0 radical (unpaired) electrons. The smallest absolute Gasteiger partial charge is 0.395 e. The molecule has 6 heteroatoms. The number of hydrogen-bond acceptors (Lipinski definition) is 4. The average molecular weight is 326 g/mol. The number of alkyl halides is 2. The Morgan fingerprint density at radius 2 is 1.91 bits per heavy atom. The molecule has 2 aliphatic rings. The third-order valence-electron chi connectivity index (χ3n) is 4.48. The summed E-state index contributed by atoms with van der Waals surface area (Å²) in [6.07, 6.45) is 0.972. The normalized spacial score (nSPS) is 21.3. The van der Waals surface area contributed by atoms with Crippen molar-refractivity contribution in [2.75, 3.05) is 26.2 Å². The fourth-order valence-corrected chi connectivity index (χ4v) is 3.31. The van der Waals surface area contributed by atoms with E-state index in [0.29, 0.717) is 0 Å². The van der Waals surface area contributed by atoms with Crippen molar-refractivity contribution in [3.8, 4) is 11.5 Å². The summed E-state index contributed by atoms with van der Waals surface area (Å²) in [5.41, 5.74) is 1.03. The molecule has 3 rings (SSSR count). The highest BCUT2D eigenvalue weighted by Crippen LogP contribution is 2.43. The minimum atomic E-state index is -3.55. The van der Waals surface area contributed by atoms with Gasteiger partial charge in [0, 0.05) is 32.2 Å². The van der Waals surface area contributed by atoms with Crippen molar-refractivity contribution < 1.29 is 18.3 Å². The molecule has 0 bridgehead atoms. The predicted molar refractivity (Wildman–Crippen MR) is 84.0 cm³/mol. The number of hydrogen-bond donors (Lipinski definition) is 1. The topological polar surface area (TPSA) is 33.7 Å². The average Bonchev–Trinajstić information content (AvgIpc) is 2.85. The van der Waals surface area contributed by atoms with Crippen LogP contribution in [-0.4, -0.2) is 37.4 Å². The fraction of sp³-hybridized carbons (Fsp3) is 0.647. The molecule has 128 valence electrons. The quantitative estimate of drug-likeness (QED) is 0.811. The molecule has 0 amide bonds. The summed E-state index contributed by atoms with van der Waals surface area (Å²) in [6, 6.07) is 5.45. The zero-order valence-electron chi connectivity index (χ0n) is 13.5. The lowest BCUT2D eigenvalue weighted by molar-refractivity contribution is -0.286. The molecule has 0 unspecified atom stereocenters. The van der Waals surface area contributed by atoms with E-state index < -0.39 is 6.29 Å². The second-order valence-corrected chi connectivity index (χ2v) is 6.17. The first-order valence-electron chi connectivity index (χ1n) is 8.43. The van der Waals surface area contributed by atoms with Crippen molar-refractivity contribution in [2.24, 2.45) is 0 Å². The van der Waals surface area contributed by atoms with Crippen molar-refractivity contribution in [2.45, 2.75) is 44.9 Å². The van der Waals surface area contributed by atoms with Crippen molar-refractivity contribution in [1.82, 2.24) is 10.2 Å². The summed E-state index contributed by atoms with van der Waals surface area (Å²) >= 11 is 0. The molecule has 1 saturated heterocycles. The second-order valence-electron chi connectivity index (χ2n) is 6.17. The molecule has 2 aliphatic heterocycles. The van der Waals surface area contributed by atoms with Crippen molar-refractivity contribution in [3.63, 3.8) is 0 Å². The van der Waals surface area contributed by atoms with E-state index >= 15 is 0 Å². The van der Waals surface area contributed by atoms with Crippen LogP contribution in [0.3, 0.4) is 0 Å². The Kier molecular flexibility index (Phi) is 5.02. The summed E-state index contributed by atoms with van der Waals surface area (Å²) in [7, 11) is 0. The summed E-state index contributed by atoms with van der Waals surface area (Å²) in [6.45, 7) is 6.06. The molecule has 1 fully saturated rings. The van der Waals surface area contributed by atoms with Gasteiger partial charge in [-0.2, -0.15) is 0 Å². The van der Waals surface area contributed by atoms with Gasteiger partial charge in [-0.25, -0.2) is 0 Å². The molecule has 0 aliphatic carbocycles. The minimum absolute atomic E-state index is 0.117. The van der Waals surface area contributed by atoms with Crippen LogP contribution in [0.5, 0.6) is 11.5 Å². The van der Waals surface area contributed by atoms with E-state index in [1.807, 2.05) is 6.07 Å². The fourth-order valence-electron chi connectivity index (χ4n) is 3.31. The molecule has 0 saturated carbocycles. The first-order chi connectivity index (χ1) is 11.1. The van der Waals surface area contributed by atoms with Gasteiger partial charge in [0.1, 0.15) is 0 Å². The van der Waals surface area contributed by atoms with Crippen LogP contribution in [0.15, 0.2) is 18.2 Å². The van der Waals surface area contributed by atoms with E-state index in [4.69, 9.17) is 0 Å². The maximum Gasteiger partial charge on any atom is 0.586 e. The van der Waals surface area contributed by atoms with Gasteiger partial charge in [0.2, 0.25) is 0 Å². The van der Waals surface area contributed by atoms with Crippen LogP contribution in [0.4, 0.5) is 8.78 Å².